The Morgan fingerprint density at radius 1 is 1.00 bits per heavy atom. The summed E-state index contributed by atoms with van der Waals surface area (Å²) in [7, 11) is 1.95. The quantitative estimate of drug-likeness (QED) is 0.776. The molecule has 0 fully saturated rings. The van der Waals surface area contributed by atoms with E-state index in [1.165, 1.54) is 11.1 Å². The van der Waals surface area contributed by atoms with E-state index < -0.39 is 0 Å². The molecule has 0 saturated carbocycles. The molecule has 2 aromatic carbocycles. The summed E-state index contributed by atoms with van der Waals surface area (Å²) in [5, 5.41) is 0. The van der Waals surface area contributed by atoms with E-state index >= 15 is 0 Å². The molecule has 98 valence electrons. The Morgan fingerprint density at radius 3 is 2.32 bits per heavy atom. The van der Waals surface area contributed by atoms with Crippen molar-refractivity contribution in [2.45, 2.75) is 13.8 Å². The zero-order valence-electron chi connectivity index (χ0n) is 11.7. The second-order valence-corrected chi connectivity index (χ2v) is 4.98. The van der Waals surface area contributed by atoms with Crippen LogP contribution in [-0.4, -0.2) is 19.4 Å². The van der Waals surface area contributed by atoms with Gasteiger partial charge < -0.3 is 4.90 Å². The average molecular weight is 253 g/mol. The minimum atomic E-state index is 0.143. The van der Waals surface area contributed by atoms with Gasteiger partial charge in [0.1, 0.15) is 0 Å². The number of hydrogen-bond acceptors (Lipinski definition) is 2. The van der Waals surface area contributed by atoms with Crippen LogP contribution in [0, 0.1) is 13.8 Å². The lowest BCUT2D eigenvalue weighted by molar-refractivity contribution is 0.100. The van der Waals surface area contributed by atoms with Crippen LogP contribution in [0.1, 0.15) is 21.5 Å². The third-order valence-corrected chi connectivity index (χ3v) is 3.20. The maximum absolute atomic E-state index is 12.2. The Kier molecular flexibility index (Phi) is 4.00. The normalized spacial score (nSPS) is 10.3. The van der Waals surface area contributed by atoms with Gasteiger partial charge in [0.05, 0.1) is 6.54 Å². The van der Waals surface area contributed by atoms with Gasteiger partial charge in [0.25, 0.3) is 0 Å². The first-order valence-electron chi connectivity index (χ1n) is 6.44. The second kappa shape index (κ2) is 5.70. The number of benzene rings is 2. The first kappa shape index (κ1) is 13.3. The summed E-state index contributed by atoms with van der Waals surface area (Å²) in [5.41, 5.74) is 4.21. The number of Topliss-reactive ketones (excluding diaryl/α,β-unsaturated/α-hetero) is 1. The van der Waals surface area contributed by atoms with Crippen molar-refractivity contribution in [2.24, 2.45) is 0 Å². The fourth-order valence-electron chi connectivity index (χ4n) is 2.00. The largest absolute Gasteiger partial charge is 0.367 e. The highest BCUT2D eigenvalue weighted by Crippen LogP contribution is 2.15. The number of carbonyl (C=O) groups excluding carboxylic acids is 1. The fourth-order valence-corrected chi connectivity index (χ4v) is 2.00. The second-order valence-electron chi connectivity index (χ2n) is 4.98. The summed E-state index contributed by atoms with van der Waals surface area (Å²) in [6, 6.07) is 15.9. The average Bonchev–Trinajstić information content (AvgIpc) is 2.39. The molecule has 0 unspecified atom stereocenters. The number of carbonyl (C=O) groups is 1. The molecular weight excluding hydrogens is 234 g/mol. The zero-order valence-corrected chi connectivity index (χ0v) is 11.7. The number of aryl methyl sites for hydroxylation is 2. The highest BCUT2D eigenvalue weighted by molar-refractivity contribution is 5.99. The first-order valence-corrected chi connectivity index (χ1v) is 6.44. The van der Waals surface area contributed by atoms with Gasteiger partial charge in [-0.1, -0.05) is 42.0 Å². The van der Waals surface area contributed by atoms with Crippen molar-refractivity contribution in [1.29, 1.82) is 0 Å². The third-order valence-electron chi connectivity index (χ3n) is 3.20. The van der Waals surface area contributed by atoms with Gasteiger partial charge in [-0.25, -0.2) is 0 Å². The van der Waals surface area contributed by atoms with Crippen LogP contribution in [0.5, 0.6) is 0 Å². The Morgan fingerprint density at radius 2 is 1.68 bits per heavy atom. The highest BCUT2D eigenvalue weighted by atomic mass is 16.1. The van der Waals surface area contributed by atoms with Crippen LogP contribution in [-0.2, 0) is 0 Å². The van der Waals surface area contributed by atoms with Gasteiger partial charge in [-0.3, -0.25) is 4.79 Å². The van der Waals surface area contributed by atoms with Gasteiger partial charge in [0, 0.05) is 18.3 Å². The Hall–Kier alpha value is -2.09. The summed E-state index contributed by atoms with van der Waals surface area (Å²) in [6.45, 7) is 4.47. The summed E-state index contributed by atoms with van der Waals surface area (Å²) >= 11 is 0. The Bertz CT molecular complexity index is 572. The van der Waals surface area contributed by atoms with E-state index in [-0.39, 0.29) is 5.78 Å². The SMILES string of the molecule is Cc1ccc(C(=O)CN(C)c2cccc(C)c2)cc1. The molecule has 0 heterocycles. The molecule has 0 N–H and O–H groups in total. The number of hydrogen-bond donors (Lipinski definition) is 0. The molecule has 0 aromatic heterocycles. The van der Waals surface area contributed by atoms with Crippen LogP contribution in [0.3, 0.4) is 0 Å². The van der Waals surface area contributed by atoms with Crippen molar-refractivity contribution in [3.8, 4) is 0 Å². The molecule has 2 aromatic rings. The maximum Gasteiger partial charge on any atom is 0.182 e. The molecule has 0 spiro atoms. The van der Waals surface area contributed by atoms with Crippen molar-refractivity contribution in [2.75, 3.05) is 18.5 Å². The zero-order chi connectivity index (χ0) is 13.8. The van der Waals surface area contributed by atoms with Crippen molar-refractivity contribution in [3.05, 3.63) is 65.2 Å². The summed E-state index contributed by atoms with van der Waals surface area (Å²) < 4.78 is 0. The summed E-state index contributed by atoms with van der Waals surface area (Å²) in [5.74, 6) is 0.143. The molecule has 0 aliphatic rings. The van der Waals surface area contributed by atoms with Crippen LogP contribution in [0.4, 0.5) is 5.69 Å². The lowest BCUT2D eigenvalue weighted by Gasteiger charge is -2.19. The van der Waals surface area contributed by atoms with Crippen LogP contribution in [0.15, 0.2) is 48.5 Å². The minimum Gasteiger partial charge on any atom is -0.367 e. The Balaban J connectivity index is 2.08. The molecular formula is C17H19NO. The first-order chi connectivity index (χ1) is 9.06. The van der Waals surface area contributed by atoms with E-state index in [1.807, 2.05) is 55.3 Å². The molecule has 0 aliphatic carbocycles. The standard InChI is InChI=1S/C17H19NO/c1-13-7-9-15(10-8-13)17(19)12-18(3)16-6-4-5-14(2)11-16/h4-11H,12H2,1-3H3. The van der Waals surface area contributed by atoms with Crippen LogP contribution in [0.25, 0.3) is 0 Å². The predicted octanol–water partition coefficient (Wildman–Crippen LogP) is 3.62. The molecule has 0 amide bonds. The smallest absolute Gasteiger partial charge is 0.182 e. The minimum absolute atomic E-state index is 0.143. The van der Waals surface area contributed by atoms with Gasteiger partial charge in [0.15, 0.2) is 5.78 Å². The molecule has 0 bridgehead atoms. The van der Waals surface area contributed by atoms with Crippen molar-refractivity contribution >= 4 is 11.5 Å². The van der Waals surface area contributed by atoms with Gasteiger partial charge in [-0.2, -0.15) is 0 Å². The molecule has 0 atom stereocenters. The lowest BCUT2D eigenvalue weighted by Crippen LogP contribution is -2.25. The van der Waals surface area contributed by atoms with E-state index in [4.69, 9.17) is 0 Å². The number of ketones is 1. The van der Waals surface area contributed by atoms with Crippen LogP contribution >= 0.6 is 0 Å². The van der Waals surface area contributed by atoms with Gasteiger partial charge in [0.2, 0.25) is 0 Å². The van der Waals surface area contributed by atoms with Crippen LogP contribution in [0.2, 0.25) is 0 Å². The molecule has 2 heteroatoms. The van der Waals surface area contributed by atoms with Crippen LogP contribution < -0.4 is 4.90 Å². The van der Waals surface area contributed by atoms with Crippen molar-refractivity contribution in [1.82, 2.24) is 0 Å². The topological polar surface area (TPSA) is 20.3 Å². The van der Waals surface area contributed by atoms with Gasteiger partial charge >= 0.3 is 0 Å². The number of rotatable bonds is 4. The molecule has 0 saturated heterocycles. The monoisotopic (exact) mass is 253 g/mol. The molecule has 2 nitrogen and oxygen atoms in total. The van der Waals surface area contributed by atoms with E-state index in [9.17, 15) is 4.79 Å². The van der Waals surface area contributed by atoms with E-state index in [0.717, 1.165) is 11.3 Å². The number of nitrogens with zero attached hydrogens (tertiary/aromatic N) is 1. The Labute approximate surface area is 114 Å². The van der Waals surface area contributed by atoms with Gasteiger partial charge in [-0.05, 0) is 31.5 Å². The lowest BCUT2D eigenvalue weighted by atomic mass is 10.1. The van der Waals surface area contributed by atoms with E-state index in [0.29, 0.717) is 6.54 Å². The predicted molar refractivity (Wildman–Crippen MR) is 80.0 cm³/mol. The fraction of sp³-hybridized carbons (Fsp3) is 0.235. The molecule has 0 radical (unpaired) electrons. The van der Waals surface area contributed by atoms with Crippen molar-refractivity contribution in [3.63, 3.8) is 0 Å². The maximum atomic E-state index is 12.2. The van der Waals surface area contributed by atoms with E-state index in [2.05, 4.69) is 19.1 Å². The molecule has 19 heavy (non-hydrogen) atoms. The summed E-state index contributed by atoms with van der Waals surface area (Å²) in [6.07, 6.45) is 0. The summed E-state index contributed by atoms with van der Waals surface area (Å²) in [4.78, 5) is 14.2. The molecule has 0 aliphatic heterocycles. The van der Waals surface area contributed by atoms with E-state index in [1.54, 1.807) is 0 Å². The highest BCUT2D eigenvalue weighted by Gasteiger charge is 2.09. The molecule has 2 rings (SSSR count). The number of likely N-dealkylation sites (N-methyl/N-ethyl adjacent to an activating group) is 1. The van der Waals surface area contributed by atoms with Crippen molar-refractivity contribution < 1.29 is 4.79 Å². The third kappa shape index (κ3) is 3.44. The number of anilines is 1. The van der Waals surface area contributed by atoms with Gasteiger partial charge in [-0.15, -0.1) is 0 Å².